The lowest BCUT2D eigenvalue weighted by Crippen LogP contribution is -2.02. The summed E-state index contributed by atoms with van der Waals surface area (Å²) in [4.78, 5) is 15.6. The van der Waals surface area contributed by atoms with Crippen LogP contribution in [0.3, 0.4) is 0 Å². The van der Waals surface area contributed by atoms with Crippen molar-refractivity contribution in [3.05, 3.63) is 59.9 Å². The highest BCUT2D eigenvalue weighted by atomic mass is 16.4. The van der Waals surface area contributed by atoms with Crippen molar-refractivity contribution < 1.29 is 9.90 Å². The number of aromatic carboxylic acids is 1. The molecule has 2 aromatic heterocycles. The molecule has 0 saturated carbocycles. The van der Waals surface area contributed by atoms with Crippen molar-refractivity contribution in [1.29, 1.82) is 0 Å². The molecule has 2 heterocycles. The Balaban J connectivity index is 2.16. The smallest absolute Gasteiger partial charge is 0.337 e. The molecular weight excluding hydrogens is 240 g/mol. The van der Waals surface area contributed by atoms with Gasteiger partial charge in [0.2, 0.25) is 0 Å². The lowest BCUT2D eigenvalue weighted by Gasteiger charge is -2.07. The third-order valence-electron chi connectivity index (χ3n) is 3.20. The van der Waals surface area contributed by atoms with E-state index < -0.39 is 5.97 Å². The zero-order valence-corrected chi connectivity index (χ0v) is 10.4. The Hall–Kier alpha value is -2.62. The molecule has 0 amide bonds. The Bertz CT molecular complexity index is 775. The number of hydrogen-bond acceptors (Lipinski definition) is 2. The van der Waals surface area contributed by atoms with Gasteiger partial charge in [-0.3, -0.25) is 0 Å². The van der Waals surface area contributed by atoms with Gasteiger partial charge >= 0.3 is 5.97 Å². The van der Waals surface area contributed by atoms with Crippen molar-refractivity contribution in [3.8, 4) is 5.82 Å². The summed E-state index contributed by atoms with van der Waals surface area (Å²) in [5.74, 6) is -0.194. The number of pyridine rings is 1. The predicted octanol–water partition coefficient (Wildman–Crippen LogP) is 3.03. The first kappa shape index (κ1) is 11.5. The fraction of sp³-hybridized carbons (Fsp3) is 0.0667. The van der Waals surface area contributed by atoms with Crippen LogP contribution in [0.2, 0.25) is 0 Å². The fourth-order valence-corrected chi connectivity index (χ4v) is 2.17. The van der Waals surface area contributed by atoms with Gasteiger partial charge in [-0.1, -0.05) is 18.2 Å². The van der Waals surface area contributed by atoms with Gasteiger partial charge in [-0.15, -0.1) is 0 Å². The molecule has 0 aliphatic rings. The normalized spacial score (nSPS) is 10.8. The maximum atomic E-state index is 11.0. The molecule has 1 N–H and O–H groups in total. The topological polar surface area (TPSA) is 55.1 Å². The molecule has 94 valence electrons. The minimum Gasteiger partial charge on any atom is -0.478 e. The van der Waals surface area contributed by atoms with E-state index >= 15 is 0 Å². The number of benzene rings is 1. The van der Waals surface area contributed by atoms with Gasteiger partial charge in [-0.2, -0.15) is 0 Å². The number of rotatable bonds is 2. The second kappa shape index (κ2) is 4.24. The van der Waals surface area contributed by atoms with Crippen LogP contribution >= 0.6 is 0 Å². The van der Waals surface area contributed by atoms with Gasteiger partial charge in [-0.25, -0.2) is 9.78 Å². The molecule has 0 unspecified atom stereocenters. The predicted molar refractivity (Wildman–Crippen MR) is 72.8 cm³/mol. The highest BCUT2D eigenvalue weighted by molar-refractivity contribution is 5.89. The maximum Gasteiger partial charge on any atom is 0.337 e. The van der Waals surface area contributed by atoms with Crippen LogP contribution in [0.5, 0.6) is 0 Å². The van der Waals surface area contributed by atoms with Crippen molar-refractivity contribution in [2.45, 2.75) is 6.92 Å². The summed E-state index contributed by atoms with van der Waals surface area (Å²) in [7, 11) is 0. The van der Waals surface area contributed by atoms with E-state index in [4.69, 9.17) is 5.11 Å². The van der Waals surface area contributed by atoms with E-state index in [2.05, 4.69) is 4.98 Å². The Morgan fingerprint density at radius 1 is 1.16 bits per heavy atom. The molecule has 0 fully saturated rings. The summed E-state index contributed by atoms with van der Waals surface area (Å²) in [6, 6.07) is 13.3. The minimum atomic E-state index is -0.919. The van der Waals surface area contributed by atoms with Crippen molar-refractivity contribution in [2.24, 2.45) is 0 Å². The number of para-hydroxylation sites is 1. The first-order valence-corrected chi connectivity index (χ1v) is 5.94. The monoisotopic (exact) mass is 252 g/mol. The van der Waals surface area contributed by atoms with Crippen LogP contribution in [-0.4, -0.2) is 20.6 Å². The molecule has 0 saturated heterocycles. The second-order valence-corrected chi connectivity index (χ2v) is 4.35. The van der Waals surface area contributed by atoms with Crippen LogP contribution < -0.4 is 0 Å². The molecule has 0 radical (unpaired) electrons. The molecule has 19 heavy (non-hydrogen) atoms. The summed E-state index contributed by atoms with van der Waals surface area (Å²) in [5, 5.41) is 10.1. The standard InChI is InChI=1S/C15H12N2O2/c1-10-12(15(18)19)8-9-17(10)14-7-6-11-4-2-3-5-13(11)16-14/h2-9H,1H3,(H,18,19). The molecule has 1 aromatic carbocycles. The number of aromatic nitrogens is 2. The highest BCUT2D eigenvalue weighted by Crippen LogP contribution is 2.18. The van der Waals surface area contributed by atoms with E-state index in [1.165, 1.54) is 0 Å². The lowest BCUT2D eigenvalue weighted by molar-refractivity contribution is 0.0696. The van der Waals surface area contributed by atoms with Gasteiger partial charge in [0.05, 0.1) is 11.1 Å². The first-order valence-electron chi connectivity index (χ1n) is 5.94. The number of fused-ring (bicyclic) bond motifs is 1. The maximum absolute atomic E-state index is 11.0. The van der Waals surface area contributed by atoms with Gasteiger partial charge < -0.3 is 9.67 Å². The average Bonchev–Trinajstić information content (AvgIpc) is 2.80. The Morgan fingerprint density at radius 3 is 2.68 bits per heavy atom. The number of carbonyl (C=O) groups is 1. The van der Waals surface area contributed by atoms with E-state index in [0.717, 1.165) is 16.7 Å². The zero-order valence-electron chi connectivity index (χ0n) is 10.4. The van der Waals surface area contributed by atoms with Crippen LogP contribution in [-0.2, 0) is 0 Å². The molecule has 4 nitrogen and oxygen atoms in total. The molecule has 0 atom stereocenters. The van der Waals surface area contributed by atoms with E-state index in [1.807, 2.05) is 36.4 Å². The van der Waals surface area contributed by atoms with Gasteiger partial charge in [-0.05, 0) is 31.2 Å². The number of carboxylic acids is 1. The molecular formula is C15H12N2O2. The van der Waals surface area contributed by atoms with Crippen LogP contribution in [0.4, 0.5) is 0 Å². The van der Waals surface area contributed by atoms with Crippen LogP contribution in [0.25, 0.3) is 16.7 Å². The van der Waals surface area contributed by atoms with Gasteiger partial charge in [0.25, 0.3) is 0 Å². The molecule has 0 spiro atoms. The summed E-state index contributed by atoms with van der Waals surface area (Å²) < 4.78 is 1.79. The number of nitrogens with zero attached hydrogens (tertiary/aromatic N) is 2. The summed E-state index contributed by atoms with van der Waals surface area (Å²) in [5.41, 5.74) is 1.87. The fourth-order valence-electron chi connectivity index (χ4n) is 2.17. The van der Waals surface area contributed by atoms with Crippen molar-refractivity contribution >= 4 is 16.9 Å². The third-order valence-corrected chi connectivity index (χ3v) is 3.20. The number of carboxylic acid groups (broad SMARTS) is 1. The second-order valence-electron chi connectivity index (χ2n) is 4.35. The molecule has 0 bridgehead atoms. The Labute approximate surface area is 109 Å². The number of hydrogen-bond donors (Lipinski definition) is 1. The molecule has 3 rings (SSSR count). The van der Waals surface area contributed by atoms with Crippen molar-refractivity contribution in [3.63, 3.8) is 0 Å². The Morgan fingerprint density at radius 2 is 1.95 bits per heavy atom. The minimum absolute atomic E-state index is 0.301. The summed E-state index contributed by atoms with van der Waals surface area (Å²) in [6.45, 7) is 1.78. The molecule has 3 aromatic rings. The summed E-state index contributed by atoms with van der Waals surface area (Å²) >= 11 is 0. The van der Waals surface area contributed by atoms with Crippen LogP contribution in [0.1, 0.15) is 16.1 Å². The SMILES string of the molecule is Cc1c(C(=O)O)ccn1-c1ccc2ccccc2n1. The molecule has 0 aliphatic carbocycles. The molecule has 0 aliphatic heterocycles. The largest absolute Gasteiger partial charge is 0.478 e. The Kier molecular flexibility index (Phi) is 2.56. The van der Waals surface area contributed by atoms with Gasteiger partial charge in [0.1, 0.15) is 5.82 Å². The van der Waals surface area contributed by atoms with E-state index in [1.54, 1.807) is 23.8 Å². The summed E-state index contributed by atoms with van der Waals surface area (Å²) in [6.07, 6.45) is 1.73. The highest BCUT2D eigenvalue weighted by Gasteiger charge is 2.12. The average molecular weight is 252 g/mol. The van der Waals surface area contributed by atoms with Crippen molar-refractivity contribution in [1.82, 2.24) is 9.55 Å². The lowest BCUT2D eigenvalue weighted by atomic mass is 10.2. The quantitative estimate of drug-likeness (QED) is 0.762. The van der Waals surface area contributed by atoms with Crippen LogP contribution in [0.15, 0.2) is 48.7 Å². The molecule has 4 heteroatoms. The van der Waals surface area contributed by atoms with E-state index in [0.29, 0.717) is 11.3 Å². The van der Waals surface area contributed by atoms with E-state index in [-0.39, 0.29) is 0 Å². The van der Waals surface area contributed by atoms with Gasteiger partial charge in [0, 0.05) is 17.3 Å². The van der Waals surface area contributed by atoms with E-state index in [9.17, 15) is 4.79 Å². The van der Waals surface area contributed by atoms with Gasteiger partial charge in [0.15, 0.2) is 0 Å². The zero-order chi connectivity index (χ0) is 13.4. The third kappa shape index (κ3) is 1.87. The van der Waals surface area contributed by atoms with Crippen LogP contribution in [0, 0.1) is 6.92 Å². The van der Waals surface area contributed by atoms with Crippen molar-refractivity contribution in [2.75, 3.05) is 0 Å². The first-order chi connectivity index (χ1) is 9.16.